The fraction of sp³-hybridized carbons (Fsp3) is 0.900. The average molecular weight is 234 g/mol. The number of amides is 1. The molecule has 4 aliphatic carbocycles. The fourth-order valence-electron chi connectivity index (χ4n) is 3.58. The summed E-state index contributed by atoms with van der Waals surface area (Å²) in [7, 11) is 3.61. The first-order chi connectivity index (χ1) is 6.55. The molecule has 14 heavy (non-hydrogen) atoms. The van der Waals surface area contributed by atoms with E-state index in [1.807, 2.05) is 14.1 Å². The van der Waals surface area contributed by atoms with E-state index in [-0.39, 0.29) is 22.6 Å². The molecular weight excluding hydrogens is 221 g/mol. The van der Waals surface area contributed by atoms with Gasteiger partial charge in [-0.1, -0.05) is 0 Å². The summed E-state index contributed by atoms with van der Waals surface area (Å²) in [5.74, 6) is 3.47. The standard InChI is InChI=1S/C10H13Cl2NO/c1-13(2)10(14)8-6-3-4(6)5(3)7(8)9(11)12/h3-9H,1-2H3/t3?,4?,5?,6?,7-,8+/m1/s1. The Labute approximate surface area is 93.5 Å². The van der Waals surface area contributed by atoms with E-state index in [1.54, 1.807) is 4.90 Å². The van der Waals surface area contributed by atoms with Crippen LogP contribution in [0.2, 0.25) is 0 Å². The van der Waals surface area contributed by atoms with E-state index in [0.717, 1.165) is 11.8 Å². The molecule has 0 radical (unpaired) electrons. The van der Waals surface area contributed by atoms with Crippen LogP contribution in [0.1, 0.15) is 0 Å². The molecule has 0 N–H and O–H groups in total. The highest BCUT2D eigenvalue weighted by molar-refractivity contribution is 6.44. The second-order valence-electron chi connectivity index (χ2n) is 4.98. The Morgan fingerprint density at radius 1 is 1.14 bits per heavy atom. The first-order valence-corrected chi connectivity index (χ1v) is 5.92. The quantitative estimate of drug-likeness (QED) is 0.665. The topological polar surface area (TPSA) is 20.3 Å². The van der Waals surface area contributed by atoms with Gasteiger partial charge in [0.05, 0.1) is 0 Å². The van der Waals surface area contributed by atoms with Crippen LogP contribution in [0.25, 0.3) is 0 Å². The number of alkyl halides is 2. The van der Waals surface area contributed by atoms with Crippen molar-refractivity contribution in [1.29, 1.82) is 0 Å². The van der Waals surface area contributed by atoms with Gasteiger partial charge in [0.25, 0.3) is 0 Å². The maximum atomic E-state index is 11.9. The van der Waals surface area contributed by atoms with Gasteiger partial charge in [0, 0.05) is 25.9 Å². The highest BCUT2D eigenvalue weighted by atomic mass is 35.5. The van der Waals surface area contributed by atoms with E-state index in [4.69, 9.17) is 23.2 Å². The molecule has 0 aromatic carbocycles. The Balaban J connectivity index is 1.82. The zero-order valence-electron chi connectivity index (χ0n) is 8.15. The molecule has 2 nitrogen and oxygen atoms in total. The number of nitrogens with zero attached hydrogens (tertiary/aromatic N) is 1. The number of hydrogen-bond donors (Lipinski definition) is 0. The summed E-state index contributed by atoms with van der Waals surface area (Å²) < 4.78 is 0. The molecule has 2 unspecified atom stereocenters. The molecule has 4 aliphatic rings. The molecule has 4 saturated carbocycles. The van der Waals surface area contributed by atoms with E-state index in [1.165, 1.54) is 0 Å². The predicted molar refractivity (Wildman–Crippen MR) is 55.1 cm³/mol. The highest BCUT2D eigenvalue weighted by Crippen LogP contribution is 2.86. The Morgan fingerprint density at radius 3 is 2.14 bits per heavy atom. The summed E-state index contributed by atoms with van der Waals surface area (Å²) in [6.07, 6.45) is 0. The van der Waals surface area contributed by atoms with Crippen LogP contribution in [-0.4, -0.2) is 29.7 Å². The SMILES string of the molecule is CN(C)C(=O)[C@H]1C2C3C2C3[C@H]1C(Cl)Cl. The molecule has 0 aliphatic heterocycles. The molecule has 0 aromatic rings. The van der Waals surface area contributed by atoms with Gasteiger partial charge in [0.2, 0.25) is 5.91 Å². The van der Waals surface area contributed by atoms with Crippen molar-refractivity contribution >= 4 is 29.1 Å². The molecule has 4 rings (SSSR count). The smallest absolute Gasteiger partial charge is 0.225 e. The molecule has 4 heteroatoms. The van der Waals surface area contributed by atoms with Gasteiger partial charge in [-0.25, -0.2) is 0 Å². The third-order valence-corrected chi connectivity index (χ3v) is 4.81. The van der Waals surface area contributed by atoms with Crippen LogP contribution in [0.4, 0.5) is 0 Å². The summed E-state index contributed by atoms with van der Waals surface area (Å²) in [4.78, 5) is 13.2. The number of carbonyl (C=O) groups is 1. The summed E-state index contributed by atoms with van der Waals surface area (Å²) in [5, 5.41) is 0. The molecule has 0 spiro atoms. The number of carbonyl (C=O) groups excluding carboxylic acids is 1. The van der Waals surface area contributed by atoms with Gasteiger partial charge < -0.3 is 4.90 Å². The van der Waals surface area contributed by atoms with Crippen molar-refractivity contribution in [2.75, 3.05) is 14.1 Å². The van der Waals surface area contributed by atoms with Gasteiger partial charge in [0.1, 0.15) is 4.84 Å². The van der Waals surface area contributed by atoms with Crippen LogP contribution in [-0.2, 0) is 4.79 Å². The summed E-state index contributed by atoms with van der Waals surface area (Å²) in [6.45, 7) is 0. The lowest BCUT2D eigenvalue weighted by Gasteiger charge is -2.22. The Kier molecular flexibility index (Phi) is 1.72. The fourth-order valence-corrected chi connectivity index (χ4v) is 4.23. The van der Waals surface area contributed by atoms with Gasteiger partial charge in [-0.15, -0.1) is 23.2 Å². The van der Waals surface area contributed by atoms with Gasteiger partial charge in [0.15, 0.2) is 0 Å². The summed E-state index contributed by atoms with van der Waals surface area (Å²) in [5.41, 5.74) is 0. The monoisotopic (exact) mass is 233 g/mol. The third-order valence-electron chi connectivity index (χ3n) is 4.23. The minimum atomic E-state index is -0.367. The predicted octanol–water partition coefficient (Wildman–Crippen LogP) is 1.62. The highest BCUT2D eigenvalue weighted by Gasteiger charge is 2.85. The van der Waals surface area contributed by atoms with Gasteiger partial charge in [-0.3, -0.25) is 4.79 Å². The van der Waals surface area contributed by atoms with Crippen LogP contribution in [0.3, 0.4) is 0 Å². The molecule has 2 bridgehead atoms. The second-order valence-corrected chi connectivity index (χ2v) is 6.14. The third kappa shape index (κ3) is 0.917. The van der Waals surface area contributed by atoms with Crippen molar-refractivity contribution in [3.05, 3.63) is 0 Å². The van der Waals surface area contributed by atoms with Crippen LogP contribution in [0.15, 0.2) is 0 Å². The van der Waals surface area contributed by atoms with Crippen molar-refractivity contribution in [1.82, 2.24) is 4.90 Å². The van der Waals surface area contributed by atoms with Gasteiger partial charge in [-0.05, 0) is 23.7 Å². The van der Waals surface area contributed by atoms with E-state index in [0.29, 0.717) is 11.8 Å². The maximum Gasteiger partial charge on any atom is 0.225 e. The minimum absolute atomic E-state index is 0.116. The molecule has 0 heterocycles. The Morgan fingerprint density at radius 2 is 1.71 bits per heavy atom. The number of fused-ring (bicyclic) bond motifs is 1. The minimum Gasteiger partial charge on any atom is -0.349 e. The molecule has 78 valence electrons. The van der Waals surface area contributed by atoms with Gasteiger partial charge >= 0.3 is 0 Å². The summed E-state index contributed by atoms with van der Waals surface area (Å²) >= 11 is 11.9. The Bertz CT molecular complexity index is 294. The maximum absolute atomic E-state index is 11.9. The second kappa shape index (κ2) is 2.59. The van der Waals surface area contributed by atoms with E-state index < -0.39 is 0 Å². The largest absolute Gasteiger partial charge is 0.349 e. The lowest BCUT2D eigenvalue weighted by atomic mass is 9.96. The van der Waals surface area contributed by atoms with Crippen molar-refractivity contribution in [3.63, 3.8) is 0 Å². The molecular formula is C10H13Cl2NO. The first-order valence-electron chi connectivity index (χ1n) is 5.05. The molecule has 4 atom stereocenters. The van der Waals surface area contributed by atoms with Gasteiger partial charge in [-0.2, -0.15) is 0 Å². The van der Waals surface area contributed by atoms with Crippen molar-refractivity contribution < 1.29 is 4.79 Å². The molecule has 4 fully saturated rings. The number of hydrogen-bond acceptors (Lipinski definition) is 1. The number of rotatable bonds is 2. The van der Waals surface area contributed by atoms with Crippen molar-refractivity contribution in [2.45, 2.75) is 4.84 Å². The average Bonchev–Trinajstić information content (AvgIpc) is 2.91. The molecule has 0 saturated heterocycles. The number of halogens is 2. The lowest BCUT2D eigenvalue weighted by Crippen LogP contribution is -2.34. The lowest BCUT2D eigenvalue weighted by molar-refractivity contribution is -0.134. The summed E-state index contributed by atoms with van der Waals surface area (Å²) in [6, 6.07) is 0. The van der Waals surface area contributed by atoms with Crippen LogP contribution in [0.5, 0.6) is 0 Å². The zero-order chi connectivity index (χ0) is 10.2. The van der Waals surface area contributed by atoms with E-state index >= 15 is 0 Å². The molecule has 1 amide bonds. The van der Waals surface area contributed by atoms with Crippen LogP contribution < -0.4 is 0 Å². The van der Waals surface area contributed by atoms with E-state index in [2.05, 4.69) is 0 Å². The van der Waals surface area contributed by atoms with Crippen LogP contribution in [0, 0.1) is 35.5 Å². The zero-order valence-corrected chi connectivity index (χ0v) is 9.66. The van der Waals surface area contributed by atoms with E-state index in [9.17, 15) is 4.79 Å². The van der Waals surface area contributed by atoms with Crippen molar-refractivity contribution in [3.8, 4) is 0 Å². The molecule has 0 aromatic heterocycles. The van der Waals surface area contributed by atoms with Crippen molar-refractivity contribution in [2.24, 2.45) is 35.5 Å². The Hall–Kier alpha value is 0.0500. The first kappa shape index (κ1) is 9.29. The normalized spacial score (nSPS) is 51.8. The van der Waals surface area contributed by atoms with Crippen LogP contribution >= 0.6 is 23.2 Å².